The van der Waals surface area contributed by atoms with Gasteiger partial charge < -0.3 is 19.8 Å². The van der Waals surface area contributed by atoms with E-state index in [1.165, 1.54) is 6.20 Å². The molecule has 2 saturated heterocycles. The molecule has 8 nitrogen and oxygen atoms in total. The number of carboxylic acids is 1. The third kappa shape index (κ3) is 4.65. The fourth-order valence-electron chi connectivity index (χ4n) is 5.19. The summed E-state index contributed by atoms with van der Waals surface area (Å²) in [6, 6.07) is 14.7. The van der Waals surface area contributed by atoms with E-state index >= 15 is 0 Å². The van der Waals surface area contributed by atoms with Crippen LogP contribution >= 0.6 is 0 Å². The Morgan fingerprint density at radius 3 is 2.46 bits per heavy atom. The van der Waals surface area contributed by atoms with E-state index in [1.54, 1.807) is 6.07 Å². The van der Waals surface area contributed by atoms with Crippen molar-refractivity contribution in [2.24, 2.45) is 0 Å². The molecule has 1 N–H and O–H groups in total. The molecule has 182 valence electrons. The molecule has 1 aromatic carbocycles. The minimum atomic E-state index is -0.952. The van der Waals surface area contributed by atoms with Crippen molar-refractivity contribution in [3.8, 4) is 11.3 Å². The van der Waals surface area contributed by atoms with E-state index in [9.17, 15) is 9.90 Å². The third-order valence-corrected chi connectivity index (χ3v) is 7.10. The molecule has 3 aromatic rings. The molecule has 5 rings (SSSR count). The second kappa shape index (κ2) is 9.52. The second-order valence-corrected chi connectivity index (χ2v) is 9.62. The highest BCUT2D eigenvalue weighted by molar-refractivity contribution is 5.87. The number of rotatable bonds is 5. The summed E-state index contributed by atoms with van der Waals surface area (Å²) in [4.78, 5) is 32.7. The Morgan fingerprint density at radius 1 is 1.00 bits per heavy atom. The summed E-state index contributed by atoms with van der Waals surface area (Å²) in [5.41, 5.74) is 3.13. The smallest absolute Gasteiger partial charge is 0.337 e. The lowest BCUT2D eigenvalue weighted by Crippen LogP contribution is -2.53. The maximum atomic E-state index is 11.3. The Bertz CT molecular complexity index is 1220. The van der Waals surface area contributed by atoms with Gasteiger partial charge in [-0.1, -0.05) is 30.3 Å². The van der Waals surface area contributed by atoms with Gasteiger partial charge in [0, 0.05) is 56.1 Å². The summed E-state index contributed by atoms with van der Waals surface area (Å²) in [6.45, 7) is 9.72. The number of hydrogen-bond donors (Lipinski definition) is 1. The van der Waals surface area contributed by atoms with Crippen molar-refractivity contribution in [1.29, 1.82) is 0 Å². The molecule has 0 saturated carbocycles. The first kappa shape index (κ1) is 23.1. The van der Waals surface area contributed by atoms with Crippen molar-refractivity contribution < 1.29 is 9.90 Å². The highest BCUT2D eigenvalue weighted by Crippen LogP contribution is 2.31. The van der Waals surface area contributed by atoms with Gasteiger partial charge in [-0.3, -0.25) is 0 Å². The molecule has 2 atom stereocenters. The molecule has 0 radical (unpaired) electrons. The van der Waals surface area contributed by atoms with Gasteiger partial charge in [0.15, 0.2) is 0 Å². The van der Waals surface area contributed by atoms with Gasteiger partial charge in [0.05, 0.1) is 11.3 Å². The Hall–Kier alpha value is -3.68. The van der Waals surface area contributed by atoms with E-state index in [2.05, 4.69) is 51.7 Å². The van der Waals surface area contributed by atoms with Crippen molar-refractivity contribution in [3.05, 3.63) is 59.8 Å². The van der Waals surface area contributed by atoms with Gasteiger partial charge in [-0.15, -0.1) is 0 Å². The monoisotopic (exact) mass is 472 g/mol. The number of anilines is 3. The first-order valence-corrected chi connectivity index (χ1v) is 12.3. The number of carboxylic acid groups (broad SMARTS) is 1. The molecule has 35 heavy (non-hydrogen) atoms. The quantitative estimate of drug-likeness (QED) is 0.590. The average Bonchev–Trinajstić information content (AvgIpc) is 3.30. The molecule has 0 aliphatic carbocycles. The fourth-order valence-corrected chi connectivity index (χ4v) is 5.19. The van der Waals surface area contributed by atoms with Crippen LogP contribution in [-0.2, 0) is 0 Å². The van der Waals surface area contributed by atoms with Gasteiger partial charge in [-0.25, -0.2) is 14.8 Å². The summed E-state index contributed by atoms with van der Waals surface area (Å²) in [6.07, 6.45) is 3.77. The van der Waals surface area contributed by atoms with Crippen molar-refractivity contribution >= 4 is 23.6 Å². The lowest BCUT2D eigenvalue weighted by atomic mass is 10.1. The average molecular weight is 473 g/mol. The summed E-state index contributed by atoms with van der Waals surface area (Å²) in [7, 11) is 0. The zero-order chi connectivity index (χ0) is 24.5. The van der Waals surface area contributed by atoms with Crippen LogP contribution in [0.15, 0.2) is 48.7 Å². The Labute approximate surface area is 206 Å². The number of pyridine rings is 1. The number of benzene rings is 1. The molecule has 0 amide bonds. The van der Waals surface area contributed by atoms with Crippen LogP contribution in [0, 0.1) is 6.92 Å². The standard InChI is InChI=1S/C27H32N6O2/c1-18-14-22(26(34)35)16-28-25(18)31-12-13-32(20(3)17-31)24-15-23(21-9-5-4-6-10-21)29-27(30-24)33-11-7-8-19(33)2/h4-6,9-10,14-16,19-20H,7-8,11-13,17H2,1-3H3,(H,34,35)/t19-,20-/m1/s1. The van der Waals surface area contributed by atoms with Gasteiger partial charge in [0.25, 0.3) is 0 Å². The van der Waals surface area contributed by atoms with E-state index in [4.69, 9.17) is 9.97 Å². The number of aryl methyl sites for hydroxylation is 1. The number of carbonyl (C=O) groups is 1. The molecule has 0 unspecified atom stereocenters. The Balaban J connectivity index is 1.43. The van der Waals surface area contributed by atoms with E-state index in [1.807, 2.05) is 25.1 Å². The van der Waals surface area contributed by atoms with Crippen LogP contribution in [0.4, 0.5) is 17.6 Å². The van der Waals surface area contributed by atoms with Crippen molar-refractivity contribution in [1.82, 2.24) is 15.0 Å². The zero-order valence-corrected chi connectivity index (χ0v) is 20.6. The topological polar surface area (TPSA) is 85.7 Å². The van der Waals surface area contributed by atoms with Crippen LogP contribution in [0.2, 0.25) is 0 Å². The van der Waals surface area contributed by atoms with Crippen LogP contribution in [0.5, 0.6) is 0 Å². The molecule has 4 heterocycles. The maximum Gasteiger partial charge on any atom is 0.337 e. The summed E-state index contributed by atoms with van der Waals surface area (Å²) >= 11 is 0. The predicted octanol–water partition coefficient (Wildman–Crippen LogP) is 4.25. The van der Waals surface area contributed by atoms with E-state index in [0.717, 1.165) is 73.4 Å². The molecule has 0 bridgehead atoms. The van der Waals surface area contributed by atoms with Gasteiger partial charge in [-0.05, 0) is 45.2 Å². The number of hydrogen-bond acceptors (Lipinski definition) is 7. The summed E-state index contributed by atoms with van der Waals surface area (Å²) in [5, 5.41) is 9.26. The van der Waals surface area contributed by atoms with Crippen LogP contribution in [0.25, 0.3) is 11.3 Å². The van der Waals surface area contributed by atoms with E-state index in [-0.39, 0.29) is 11.6 Å². The zero-order valence-electron chi connectivity index (χ0n) is 20.6. The van der Waals surface area contributed by atoms with E-state index in [0.29, 0.717) is 6.04 Å². The molecule has 0 spiro atoms. The SMILES string of the molecule is Cc1cc(C(=O)O)cnc1N1CCN(c2cc(-c3ccccc3)nc(N3CCC[C@H]3C)n2)[C@H](C)C1. The van der Waals surface area contributed by atoms with Crippen LogP contribution in [-0.4, -0.2) is 64.3 Å². The summed E-state index contributed by atoms with van der Waals surface area (Å²) < 4.78 is 0. The van der Waals surface area contributed by atoms with Gasteiger partial charge in [0.1, 0.15) is 11.6 Å². The van der Waals surface area contributed by atoms with Gasteiger partial charge >= 0.3 is 5.97 Å². The number of aromatic carboxylic acids is 1. The maximum absolute atomic E-state index is 11.3. The van der Waals surface area contributed by atoms with Crippen molar-refractivity contribution in [2.45, 2.75) is 45.7 Å². The van der Waals surface area contributed by atoms with E-state index < -0.39 is 5.97 Å². The number of piperazine rings is 1. The normalized spacial score (nSPS) is 20.4. The Kier molecular flexibility index (Phi) is 6.28. The first-order chi connectivity index (χ1) is 16.9. The van der Waals surface area contributed by atoms with Crippen LogP contribution < -0.4 is 14.7 Å². The largest absolute Gasteiger partial charge is 0.478 e. The Morgan fingerprint density at radius 2 is 1.80 bits per heavy atom. The minimum Gasteiger partial charge on any atom is -0.478 e. The highest BCUT2D eigenvalue weighted by Gasteiger charge is 2.29. The molecule has 2 aromatic heterocycles. The minimum absolute atomic E-state index is 0.200. The van der Waals surface area contributed by atoms with Gasteiger partial charge in [-0.2, -0.15) is 4.98 Å². The fraction of sp³-hybridized carbons (Fsp3) is 0.407. The molecule has 2 aliphatic rings. The second-order valence-electron chi connectivity index (χ2n) is 9.62. The van der Waals surface area contributed by atoms with Crippen molar-refractivity contribution in [2.75, 3.05) is 40.9 Å². The van der Waals surface area contributed by atoms with Gasteiger partial charge in [0.2, 0.25) is 5.95 Å². The number of nitrogens with zero attached hydrogens (tertiary/aromatic N) is 6. The molecular formula is C27H32N6O2. The van der Waals surface area contributed by atoms with Crippen LogP contribution in [0.1, 0.15) is 42.6 Å². The first-order valence-electron chi connectivity index (χ1n) is 12.3. The third-order valence-electron chi connectivity index (χ3n) is 7.10. The lowest BCUT2D eigenvalue weighted by molar-refractivity contribution is 0.0696. The highest BCUT2D eigenvalue weighted by atomic mass is 16.4. The predicted molar refractivity (Wildman–Crippen MR) is 138 cm³/mol. The molecule has 2 aliphatic heterocycles. The molecular weight excluding hydrogens is 440 g/mol. The van der Waals surface area contributed by atoms with Crippen molar-refractivity contribution in [3.63, 3.8) is 0 Å². The number of aromatic nitrogens is 3. The summed E-state index contributed by atoms with van der Waals surface area (Å²) in [5.74, 6) is 1.65. The van der Waals surface area contributed by atoms with Crippen LogP contribution in [0.3, 0.4) is 0 Å². The molecule has 8 heteroatoms. The molecule has 2 fully saturated rings. The lowest BCUT2D eigenvalue weighted by Gasteiger charge is -2.41.